The van der Waals surface area contributed by atoms with Crippen LogP contribution in [0.15, 0.2) is 28.7 Å². The number of rotatable bonds is 5. The maximum Gasteiger partial charge on any atom is 0.263 e. The highest BCUT2D eigenvalue weighted by Gasteiger charge is 2.21. The molecular weight excluding hydrogens is 384 g/mol. The van der Waals surface area contributed by atoms with E-state index in [0.717, 1.165) is 37.8 Å². The van der Waals surface area contributed by atoms with Gasteiger partial charge >= 0.3 is 0 Å². The normalized spacial score (nSPS) is 14.8. The minimum atomic E-state index is -0.0658. The molecule has 1 saturated heterocycles. The molecule has 1 aliphatic rings. The van der Waals surface area contributed by atoms with Crippen molar-refractivity contribution in [2.24, 2.45) is 4.99 Å². The standard InChI is InChI=1S/C21H30N6OS/c1-15-6-5-7-18(16(15)2)26-10-12-27(13-11-26)21(22-4)24-9-8-23-20(28)19-17(3)25-14-29-19/h5-7,14H,8-13H2,1-4H3,(H,22,24)(H,23,28). The molecule has 3 rings (SSSR count). The Balaban J connectivity index is 1.45. The second-order valence-electron chi connectivity index (χ2n) is 7.19. The number of benzene rings is 1. The average Bonchev–Trinajstić information content (AvgIpc) is 3.16. The third-order valence-corrected chi connectivity index (χ3v) is 6.28. The van der Waals surface area contributed by atoms with Crippen molar-refractivity contribution >= 4 is 28.9 Å². The lowest BCUT2D eigenvalue weighted by Gasteiger charge is -2.38. The topological polar surface area (TPSA) is 72.9 Å². The van der Waals surface area contributed by atoms with E-state index in [1.54, 1.807) is 12.6 Å². The van der Waals surface area contributed by atoms with Gasteiger partial charge in [0.05, 0.1) is 11.2 Å². The predicted molar refractivity (Wildman–Crippen MR) is 120 cm³/mol. The van der Waals surface area contributed by atoms with Crippen LogP contribution >= 0.6 is 11.3 Å². The van der Waals surface area contributed by atoms with Gasteiger partial charge in [-0.25, -0.2) is 4.98 Å². The molecule has 2 aromatic rings. The monoisotopic (exact) mass is 414 g/mol. The summed E-state index contributed by atoms with van der Waals surface area (Å²) in [6.07, 6.45) is 0. The minimum Gasteiger partial charge on any atom is -0.368 e. The Hall–Kier alpha value is -2.61. The number of hydrogen-bond acceptors (Lipinski definition) is 5. The number of amides is 1. The van der Waals surface area contributed by atoms with Gasteiger partial charge in [0.2, 0.25) is 0 Å². The first-order valence-corrected chi connectivity index (χ1v) is 10.8. The van der Waals surface area contributed by atoms with Gasteiger partial charge in [-0.05, 0) is 38.0 Å². The van der Waals surface area contributed by atoms with Gasteiger partial charge in [0.15, 0.2) is 5.96 Å². The third-order valence-electron chi connectivity index (χ3n) is 5.35. The number of thiazole rings is 1. The van der Waals surface area contributed by atoms with E-state index in [1.165, 1.54) is 28.2 Å². The largest absolute Gasteiger partial charge is 0.368 e. The summed E-state index contributed by atoms with van der Waals surface area (Å²) in [6, 6.07) is 6.50. The van der Waals surface area contributed by atoms with Crippen LogP contribution in [-0.4, -0.2) is 68.1 Å². The molecule has 0 saturated carbocycles. The molecule has 1 fully saturated rings. The van der Waals surface area contributed by atoms with Gasteiger partial charge in [0.1, 0.15) is 4.88 Å². The van der Waals surface area contributed by atoms with E-state index >= 15 is 0 Å². The van der Waals surface area contributed by atoms with E-state index in [0.29, 0.717) is 18.0 Å². The van der Waals surface area contributed by atoms with E-state index < -0.39 is 0 Å². The Labute approximate surface area is 176 Å². The highest BCUT2D eigenvalue weighted by Crippen LogP contribution is 2.23. The summed E-state index contributed by atoms with van der Waals surface area (Å²) in [4.78, 5) is 26.1. The van der Waals surface area contributed by atoms with Gasteiger partial charge < -0.3 is 20.4 Å². The molecule has 2 N–H and O–H groups in total. The number of carbonyl (C=O) groups excluding carboxylic acids is 1. The highest BCUT2D eigenvalue weighted by molar-refractivity contribution is 7.11. The molecule has 1 aromatic heterocycles. The zero-order chi connectivity index (χ0) is 20.8. The van der Waals surface area contributed by atoms with Crippen molar-refractivity contribution in [1.29, 1.82) is 0 Å². The van der Waals surface area contributed by atoms with Gasteiger partial charge in [-0.2, -0.15) is 0 Å². The fourth-order valence-corrected chi connectivity index (χ4v) is 4.24. The average molecular weight is 415 g/mol. The van der Waals surface area contributed by atoms with Crippen molar-refractivity contribution in [2.75, 3.05) is 51.2 Å². The number of aliphatic imine (C=N–C) groups is 1. The fraction of sp³-hybridized carbons (Fsp3) is 0.476. The molecule has 7 nitrogen and oxygen atoms in total. The molecule has 0 radical (unpaired) electrons. The Bertz CT molecular complexity index is 870. The molecular formula is C21H30N6OS. The van der Waals surface area contributed by atoms with Crippen molar-refractivity contribution in [2.45, 2.75) is 20.8 Å². The summed E-state index contributed by atoms with van der Waals surface area (Å²) < 4.78 is 0. The van der Waals surface area contributed by atoms with Gasteiger partial charge in [-0.15, -0.1) is 11.3 Å². The van der Waals surface area contributed by atoms with Crippen molar-refractivity contribution in [3.05, 3.63) is 45.4 Å². The van der Waals surface area contributed by atoms with Crippen molar-refractivity contribution in [3.8, 4) is 0 Å². The lowest BCUT2D eigenvalue weighted by Crippen LogP contribution is -2.53. The maximum absolute atomic E-state index is 12.2. The highest BCUT2D eigenvalue weighted by atomic mass is 32.1. The van der Waals surface area contributed by atoms with E-state index in [-0.39, 0.29) is 5.91 Å². The number of nitrogens with one attached hydrogen (secondary N) is 2. The molecule has 0 unspecified atom stereocenters. The third kappa shape index (κ3) is 5.06. The van der Waals surface area contributed by atoms with Crippen molar-refractivity contribution < 1.29 is 4.79 Å². The Kier molecular flexibility index (Phi) is 7.09. The molecule has 0 aliphatic carbocycles. The quantitative estimate of drug-likeness (QED) is 0.446. The minimum absolute atomic E-state index is 0.0658. The number of guanidine groups is 1. The number of piperazine rings is 1. The molecule has 2 heterocycles. The number of hydrogen-bond donors (Lipinski definition) is 2. The summed E-state index contributed by atoms with van der Waals surface area (Å²) in [5.41, 5.74) is 6.49. The van der Waals surface area contributed by atoms with Gasteiger partial charge in [-0.3, -0.25) is 9.79 Å². The van der Waals surface area contributed by atoms with Crippen LogP contribution in [0.1, 0.15) is 26.5 Å². The predicted octanol–water partition coefficient (Wildman–Crippen LogP) is 2.20. The lowest BCUT2D eigenvalue weighted by molar-refractivity contribution is 0.0957. The van der Waals surface area contributed by atoms with Gasteiger partial charge in [0, 0.05) is 52.0 Å². The maximum atomic E-state index is 12.2. The Morgan fingerprint density at radius 1 is 1.14 bits per heavy atom. The molecule has 1 aromatic carbocycles. The molecule has 0 spiro atoms. The van der Waals surface area contributed by atoms with Crippen LogP contribution < -0.4 is 15.5 Å². The SMILES string of the molecule is CN=C(NCCNC(=O)c1scnc1C)N1CCN(c2cccc(C)c2C)CC1. The number of nitrogens with zero attached hydrogens (tertiary/aromatic N) is 4. The zero-order valence-corrected chi connectivity index (χ0v) is 18.5. The number of aromatic nitrogens is 1. The van der Waals surface area contributed by atoms with E-state index in [1.807, 2.05) is 6.92 Å². The van der Waals surface area contributed by atoms with Crippen LogP contribution in [0.5, 0.6) is 0 Å². The number of carbonyl (C=O) groups is 1. The zero-order valence-electron chi connectivity index (χ0n) is 17.7. The molecule has 1 aliphatic heterocycles. The van der Waals surface area contributed by atoms with E-state index in [4.69, 9.17) is 0 Å². The molecule has 1 amide bonds. The first-order valence-electron chi connectivity index (χ1n) is 9.96. The van der Waals surface area contributed by atoms with Crippen LogP contribution in [-0.2, 0) is 0 Å². The van der Waals surface area contributed by atoms with Gasteiger partial charge in [-0.1, -0.05) is 12.1 Å². The summed E-state index contributed by atoms with van der Waals surface area (Å²) >= 11 is 1.37. The van der Waals surface area contributed by atoms with Crippen molar-refractivity contribution in [1.82, 2.24) is 20.5 Å². The molecule has 29 heavy (non-hydrogen) atoms. The second-order valence-corrected chi connectivity index (χ2v) is 8.04. The van der Waals surface area contributed by atoms with Crippen LogP contribution in [0.25, 0.3) is 0 Å². The van der Waals surface area contributed by atoms with Gasteiger partial charge in [0.25, 0.3) is 5.91 Å². The molecule has 156 valence electrons. The first kappa shape index (κ1) is 21.1. The van der Waals surface area contributed by atoms with Crippen LogP contribution in [0, 0.1) is 20.8 Å². The van der Waals surface area contributed by atoms with E-state index in [2.05, 4.69) is 62.5 Å². The summed E-state index contributed by atoms with van der Waals surface area (Å²) in [6.45, 7) is 11.1. The second kappa shape index (κ2) is 9.73. The van der Waals surface area contributed by atoms with Crippen LogP contribution in [0.2, 0.25) is 0 Å². The first-order chi connectivity index (χ1) is 14.0. The molecule has 8 heteroatoms. The lowest BCUT2D eigenvalue weighted by atomic mass is 10.1. The summed E-state index contributed by atoms with van der Waals surface area (Å²) in [5, 5.41) is 6.30. The molecule has 0 bridgehead atoms. The van der Waals surface area contributed by atoms with Crippen LogP contribution in [0.3, 0.4) is 0 Å². The smallest absolute Gasteiger partial charge is 0.263 e. The summed E-state index contributed by atoms with van der Waals surface area (Å²) in [5.74, 6) is 0.817. The Morgan fingerprint density at radius 2 is 1.86 bits per heavy atom. The van der Waals surface area contributed by atoms with E-state index in [9.17, 15) is 4.79 Å². The number of anilines is 1. The number of aryl methyl sites for hydroxylation is 2. The Morgan fingerprint density at radius 3 is 2.52 bits per heavy atom. The summed E-state index contributed by atoms with van der Waals surface area (Å²) in [7, 11) is 1.80. The molecule has 0 atom stereocenters. The fourth-order valence-electron chi connectivity index (χ4n) is 3.52. The van der Waals surface area contributed by atoms with Crippen LogP contribution in [0.4, 0.5) is 5.69 Å². The van der Waals surface area contributed by atoms with Crippen molar-refractivity contribution in [3.63, 3.8) is 0 Å².